The van der Waals surface area contributed by atoms with Gasteiger partial charge in [-0.2, -0.15) is 0 Å². The van der Waals surface area contributed by atoms with Crippen LogP contribution in [0.2, 0.25) is 0 Å². The first-order valence-corrected chi connectivity index (χ1v) is 11.5. The minimum absolute atomic E-state index is 0.0141. The van der Waals surface area contributed by atoms with Crippen LogP contribution in [-0.4, -0.2) is 17.9 Å². The van der Waals surface area contributed by atoms with Crippen LogP contribution in [0.1, 0.15) is 81.8 Å². The van der Waals surface area contributed by atoms with E-state index < -0.39 is 5.91 Å². The van der Waals surface area contributed by atoms with E-state index in [4.69, 9.17) is 11.6 Å². The number of anilines is 1. The Balaban J connectivity index is 1.72. The molecule has 1 heterocycles. The van der Waals surface area contributed by atoms with Gasteiger partial charge in [0.2, 0.25) is 0 Å². The maximum atomic E-state index is 13.1. The van der Waals surface area contributed by atoms with Gasteiger partial charge in [-0.15, -0.1) is 0 Å². The first-order valence-electron chi connectivity index (χ1n) is 11.1. The van der Waals surface area contributed by atoms with E-state index in [0.29, 0.717) is 5.69 Å². The van der Waals surface area contributed by atoms with Crippen molar-refractivity contribution >= 4 is 29.1 Å². The molecule has 0 saturated heterocycles. The largest absolute Gasteiger partial charge is 0.376 e. The average Bonchev–Trinajstić information content (AvgIpc) is 2.86. The standard InChI is InChI=1S/C24H33ClN2O2/c1-17-14-18(2)16-20(15-17)27-23(28)21(25)22(24(27)29)26-19-12-10-8-6-4-3-5-7-9-11-13-19/h14-16,19,26H,3-13H2,1-2H3. The molecule has 3 rings (SSSR count). The molecule has 0 bridgehead atoms. The van der Waals surface area contributed by atoms with Gasteiger partial charge in [0.25, 0.3) is 11.8 Å². The molecule has 1 aromatic carbocycles. The van der Waals surface area contributed by atoms with E-state index in [2.05, 4.69) is 5.32 Å². The predicted octanol–water partition coefficient (Wildman–Crippen LogP) is 5.89. The van der Waals surface area contributed by atoms with E-state index in [1.165, 1.54) is 49.8 Å². The van der Waals surface area contributed by atoms with Crippen LogP contribution in [0, 0.1) is 13.8 Å². The van der Waals surface area contributed by atoms with E-state index in [0.717, 1.165) is 36.8 Å². The molecule has 29 heavy (non-hydrogen) atoms. The molecule has 1 aromatic rings. The molecule has 0 aromatic heterocycles. The number of hydrogen-bond acceptors (Lipinski definition) is 3. The molecule has 1 aliphatic heterocycles. The predicted molar refractivity (Wildman–Crippen MR) is 119 cm³/mol. The number of aryl methyl sites for hydroxylation is 2. The molecule has 1 saturated carbocycles. The van der Waals surface area contributed by atoms with Crippen molar-refractivity contribution in [3.05, 3.63) is 40.1 Å². The number of imide groups is 1. The fraction of sp³-hybridized carbons (Fsp3) is 0.583. The van der Waals surface area contributed by atoms with Crippen LogP contribution in [0.25, 0.3) is 0 Å². The van der Waals surface area contributed by atoms with Gasteiger partial charge in [0, 0.05) is 6.04 Å². The first-order chi connectivity index (χ1) is 14.0. The monoisotopic (exact) mass is 416 g/mol. The molecule has 1 fully saturated rings. The molecule has 1 N–H and O–H groups in total. The van der Waals surface area contributed by atoms with E-state index in [1.807, 2.05) is 32.0 Å². The zero-order valence-electron chi connectivity index (χ0n) is 17.7. The van der Waals surface area contributed by atoms with Crippen LogP contribution >= 0.6 is 11.6 Å². The third-order valence-corrected chi connectivity index (χ3v) is 6.30. The number of hydrogen-bond donors (Lipinski definition) is 1. The van der Waals surface area contributed by atoms with Gasteiger partial charge in [-0.05, 0) is 49.9 Å². The molecule has 0 radical (unpaired) electrons. The molecule has 5 heteroatoms. The van der Waals surface area contributed by atoms with Crippen molar-refractivity contribution < 1.29 is 9.59 Å². The van der Waals surface area contributed by atoms with Gasteiger partial charge in [-0.3, -0.25) is 9.59 Å². The molecule has 1 aliphatic carbocycles. The number of nitrogens with zero attached hydrogens (tertiary/aromatic N) is 1. The normalized spacial score (nSPS) is 20.6. The summed E-state index contributed by atoms with van der Waals surface area (Å²) in [7, 11) is 0. The second-order valence-electron chi connectivity index (χ2n) is 8.58. The molecule has 0 atom stereocenters. The van der Waals surface area contributed by atoms with Gasteiger partial charge in [0.15, 0.2) is 0 Å². The number of nitrogens with one attached hydrogen (secondary N) is 1. The molecule has 0 spiro atoms. The SMILES string of the molecule is Cc1cc(C)cc(N2C(=O)C(Cl)=C(NC3CCCCCCCCCCC3)C2=O)c1. The van der Waals surface area contributed by atoms with E-state index >= 15 is 0 Å². The Morgan fingerprint density at radius 2 is 1.28 bits per heavy atom. The van der Waals surface area contributed by atoms with Crippen molar-refractivity contribution in [2.24, 2.45) is 0 Å². The van der Waals surface area contributed by atoms with Gasteiger partial charge in [0.1, 0.15) is 10.7 Å². The third-order valence-electron chi connectivity index (χ3n) is 5.95. The van der Waals surface area contributed by atoms with Crippen molar-refractivity contribution in [3.8, 4) is 0 Å². The van der Waals surface area contributed by atoms with Gasteiger partial charge in [-0.1, -0.05) is 75.5 Å². The topological polar surface area (TPSA) is 49.4 Å². The lowest BCUT2D eigenvalue weighted by Crippen LogP contribution is -2.37. The number of carbonyl (C=O) groups excluding carboxylic acids is 2. The second kappa shape index (κ2) is 10.3. The highest BCUT2D eigenvalue weighted by Crippen LogP contribution is 2.30. The number of amides is 2. The first kappa shape index (κ1) is 21.9. The molecule has 158 valence electrons. The summed E-state index contributed by atoms with van der Waals surface area (Å²) in [4.78, 5) is 27.1. The van der Waals surface area contributed by atoms with Gasteiger partial charge >= 0.3 is 0 Å². The third kappa shape index (κ3) is 5.63. The summed E-state index contributed by atoms with van der Waals surface area (Å²) < 4.78 is 0. The highest BCUT2D eigenvalue weighted by Gasteiger charge is 2.39. The zero-order valence-corrected chi connectivity index (χ0v) is 18.5. The van der Waals surface area contributed by atoms with Crippen molar-refractivity contribution in [3.63, 3.8) is 0 Å². The molecular weight excluding hydrogens is 384 g/mol. The number of rotatable bonds is 3. The number of benzene rings is 1. The summed E-state index contributed by atoms with van der Waals surface area (Å²) in [6, 6.07) is 5.92. The smallest absolute Gasteiger partial charge is 0.283 e. The summed E-state index contributed by atoms with van der Waals surface area (Å²) >= 11 is 6.35. The average molecular weight is 417 g/mol. The van der Waals surface area contributed by atoms with Gasteiger partial charge in [-0.25, -0.2) is 4.90 Å². The van der Waals surface area contributed by atoms with Gasteiger partial charge < -0.3 is 5.32 Å². The second-order valence-corrected chi connectivity index (χ2v) is 8.96. The van der Waals surface area contributed by atoms with Crippen LogP contribution < -0.4 is 10.2 Å². The van der Waals surface area contributed by atoms with Crippen molar-refractivity contribution in [2.45, 2.75) is 90.5 Å². The Bertz CT molecular complexity index is 755. The molecule has 2 aliphatic rings. The van der Waals surface area contributed by atoms with Crippen LogP contribution in [-0.2, 0) is 9.59 Å². The van der Waals surface area contributed by atoms with E-state index in [9.17, 15) is 9.59 Å². The summed E-state index contributed by atoms with van der Waals surface area (Å²) in [5, 5.41) is 3.38. The minimum atomic E-state index is -0.433. The van der Waals surface area contributed by atoms with Gasteiger partial charge in [0.05, 0.1) is 5.69 Å². The Kier molecular flexibility index (Phi) is 7.77. The minimum Gasteiger partial charge on any atom is -0.376 e. The highest BCUT2D eigenvalue weighted by atomic mass is 35.5. The summed E-state index contributed by atoms with van der Waals surface area (Å²) in [5.74, 6) is -0.770. The van der Waals surface area contributed by atoms with Crippen LogP contribution in [0.5, 0.6) is 0 Å². The number of carbonyl (C=O) groups is 2. The fourth-order valence-electron chi connectivity index (χ4n) is 4.45. The summed E-state index contributed by atoms with van der Waals surface area (Å²) in [5.41, 5.74) is 2.88. The van der Waals surface area contributed by atoms with Crippen molar-refractivity contribution in [1.82, 2.24) is 5.32 Å². The van der Waals surface area contributed by atoms with E-state index in [-0.39, 0.29) is 22.7 Å². The van der Waals surface area contributed by atoms with Crippen LogP contribution in [0.4, 0.5) is 5.69 Å². The van der Waals surface area contributed by atoms with Crippen LogP contribution in [0.15, 0.2) is 28.9 Å². The maximum absolute atomic E-state index is 13.1. The van der Waals surface area contributed by atoms with Crippen molar-refractivity contribution in [2.75, 3.05) is 4.90 Å². The maximum Gasteiger partial charge on any atom is 0.283 e. The molecule has 2 amide bonds. The summed E-state index contributed by atoms with van der Waals surface area (Å²) in [6.07, 6.45) is 13.4. The summed E-state index contributed by atoms with van der Waals surface area (Å²) in [6.45, 7) is 3.92. The highest BCUT2D eigenvalue weighted by molar-refractivity contribution is 6.52. The molecule has 4 nitrogen and oxygen atoms in total. The lowest BCUT2D eigenvalue weighted by atomic mass is 9.98. The quantitative estimate of drug-likeness (QED) is 0.625. The Labute approximate surface area is 179 Å². The zero-order chi connectivity index (χ0) is 20.8. The Morgan fingerprint density at radius 1 is 0.793 bits per heavy atom. The lowest BCUT2D eigenvalue weighted by molar-refractivity contribution is -0.120. The molecular formula is C24H33ClN2O2. The fourth-order valence-corrected chi connectivity index (χ4v) is 4.67. The lowest BCUT2D eigenvalue weighted by Gasteiger charge is -2.22. The Hall–Kier alpha value is -1.81. The van der Waals surface area contributed by atoms with Crippen molar-refractivity contribution in [1.29, 1.82) is 0 Å². The van der Waals surface area contributed by atoms with E-state index in [1.54, 1.807) is 0 Å². The van der Waals surface area contributed by atoms with Crippen LogP contribution in [0.3, 0.4) is 0 Å². The number of halogens is 1. The Morgan fingerprint density at radius 3 is 1.79 bits per heavy atom. The molecule has 0 unspecified atom stereocenters.